The molecule has 2 N–H and O–H groups in total. The van der Waals surface area contributed by atoms with Crippen molar-refractivity contribution in [1.29, 1.82) is 0 Å². The zero-order chi connectivity index (χ0) is 17.2. The van der Waals surface area contributed by atoms with E-state index in [-0.39, 0.29) is 0 Å². The van der Waals surface area contributed by atoms with Gasteiger partial charge in [-0.25, -0.2) is 0 Å². The third kappa shape index (κ3) is 6.27. The molecule has 1 fully saturated rings. The molecule has 2 rings (SSSR count). The normalized spacial score (nSPS) is 19.0. The van der Waals surface area contributed by atoms with E-state index in [1.165, 1.54) is 4.88 Å². The van der Waals surface area contributed by atoms with E-state index >= 15 is 0 Å². The van der Waals surface area contributed by atoms with Crippen molar-refractivity contribution in [2.24, 2.45) is 4.99 Å². The molecule has 7 heteroatoms. The second-order valence-corrected chi connectivity index (χ2v) is 8.08. The fourth-order valence-corrected chi connectivity index (χ4v) is 3.69. The van der Waals surface area contributed by atoms with Crippen molar-refractivity contribution in [2.45, 2.75) is 25.1 Å². The molecule has 0 aliphatic carbocycles. The first-order valence-corrected chi connectivity index (χ1v) is 10.8. The Hall–Kier alpha value is -0.760. The van der Waals surface area contributed by atoms with Gasteiger partial charge in [-0.3, -0.25) is 9.89 Å². The Morgan fingerprint density at radius 2 is 2.21 bits per heavy atom. The maximum absolute atomic E-state index is 5.51. The molecule has 0 bridgehead atoms. The van der Waals surface area contributed by atoms with Crippen LogP contribution in [-0.4, -0.2) is 68.3 Å². The van der Waals surface area contributed by atoms with E-state index in [2.05, 4.69) is 53.1 Å². The monoisotopic (exact) mass is 370 g/mol. The van der Waals surface area contributed by atoms with E-state index in [0.717, 1.165) is 51.9 Å². The van der Waals surface area contributed by atoms with Crippen LogP contribution in [0.15, 0.2) is 22.5 Å². The molecule has 5 nitrogen and oxygen atoms in total. The van der Waals surface area contributed by atoms with Gasteiger partial charge < -0.3 is 15.4 Å². The summed E-state index contributed by atoms with van der Waals surface area (Å²) >= 11 is 3.67. The number of morpholine rings is 1. The van der Waals surface area contributed by atoms with Crippen LogP contribution in [0.1, 0.15) is 24.8 Å². The van der Waals surface area contributed by atoms with Crippen LogP contribution >= 0.6 is 23.1 Å². The summed E-state index contributed by atoms with van der Waals surface area (Å²) in [5.74, 6) is 0.910. The van der Waals surface area contributed by atoms with Crippen LogP contribution in [-0.2, 0) is 4.74 Å². The molecule has 0 spiro atoms. The van der Waals surface area contributed by atoms with Crippen molar-refractivity contribution < 1.29 is 4.74 Å². The highest BCUT2D eigenvalue weighted by Crippen LogP contribution is 2.25. The maximum atomic E-state index is 5.51. The zero-order valence-corrected chi connectivity index (χ0v) is 16.6. The first kappa shape index (κ1) is 19.6. The first-order chi connectivity index (χ1) is 11.7. The smallest absolute Gasteiger partial charge is 0.191 e. The Kier molecular flexibility index (Phi) is 8.94. The zero-order valence-electron chi connectivity index (χ0n) is 15.0. The van der Waals surface area contributed by atoms with Gasteiger partial charge in [-0.1, -0.05) is 13.0 Å². The number of thioether (sulfide) groups is 1. The van der Waals surface area contributed by atoms with Gasteiger partial charge in [0, 0.05) is 36.3 Å². The molecular weight excluding hydrogens is 340 g/mol. The summed E-state index contributed by atoms with van der Waals surface area (Å²) in [5.41, 5.74) is 0. The lowest BCUT2D eigenvalue weighted by Crippen LogP contribution is -2.46. The molecular formula is C17H30N4OS2. The number of nitrogens with one attached hydrogen (secondary N) is 2. The number of nitrogens with zero attached hydrogens (tertiary/aromatic N) is 2. The van der Waals surface area contributed by atoms with Gasteiger partial charge in [0.1, 0.15) is 0 Å². The maximum Gasteiger partial charge on any atom is 0.191 e. The summed E-state index contributed by atoms with van der Waals surface area (Å²) in [6, 6.07) is 4.73. The molecule has 2 unspecified atom stereocenters. The molecule has 0 radical (unpaired) electrons. The Labute approximate surface area is 154 Å². The molecule has 2 atom stereocenters. The van der Waals surface area contributed by atoms with E-state index in [0.29, 0.717) is 11.3 Å². The van der Waals surface area contributed by atoms with Crippen LogP contribution in [0.3, 0.4) is 0 Å². The minimum Gasteiger partial charge on any atom is -0.379 e. The van der Waals surface area contributed by atoms with Gasteiger partial charge in [-0.2, -0.15) is 11.8 Å². The van der Waals surface area contributed by atoms with Gasteiger partial charge in [0.05, 0.1) is 25.8 Å². The molecule has 1 aliphatic heterocycles. The first-order valence-electron chi connectivity index (χ1n) is 8.64. The van der Waals surface area contributed by atoms with Crippen molar-refractivity contribution >= 4 is 29.1 Å². The quantitative estimate of drug-likeness (QED) is 0.544. The standard InChI is InChI=1S/C17H30N4OS2/c1-4-18-17(19-12-14(2)23-3)20-13-15(16-6-5-11-24-16)21-7-9-22-10-8-21/h5-6,11,14-15H,4,7-10,12-13H2,1-3H3,(H2,18,19,20). The van der Waals surface area contributed by atoms with Gasteiger partial charge in [0.2, 0.25) is 0 Å². The van der Waals surface area contributed by atoms with Crippen LogP contribution in [0, 0.1) is 0 Å². The number of guanidine groups is 1. The molecule has 1 aliphatic rings. The Bertz CT molecular complexity index is 475. The third-order valence-corrected chi connectivity index (χ3v) is 6.00. The highest BCUT2D eigenvalue weighted by Gasteiger charge is 2.23. The number of thiophene rings is 1. The van der Waals surface area contributed by atoms with Crippen molar-refractivity contribution in [3.8, 4) is 0 Å². The van der Waals surface area contributed by atoms with E-state index < -0.39 is 0 Å². The highest BCUT2D eigenvalue weighted by atomic mass is 32.2. The molecule has 1 aromatic rings. The molecule has 1 saturated heterocycles. The molecule has 24 heavy (non-hydrogen) atoms. The third-order valence-electron chi connectivity index (χ3n) is 4.07. The van der Waals surface area contributed by atoms with Gasteiger partial charge in [-0.15, -0.1) is 11.3 Å². The average molecular weight is 371 g/mol. The SMILES string of the molecule is CCNC(=NCC(C)SC)NCC(c1cccs1)N1CCOCC1. The lowest BCUT2D eigenvalue weighted by Gasteiger charge is -2.34. The predicted molar refractivity (Wildman–Crippen MR) is 106 cm³/mol. The summed E-state index contributed by atoms with van der Waals surface area (Å²) in [6.45, 7) is 10.5. The van der Waals surface area contributed by atoms with E-state index in [9.17, 15) is 0 Å². The molecule has 0 amide bonds. The largest absolute Gasteiger partial charge is 0.379 e. The fourth-order valence-electron chi connectivity index (χ4n) is 2.61. The molecule has 0 aromatic carbocycles. The van der Waals surface area contributed by atoms with Crippen LogP contribution in [0.5, 0.6) is 0 Å². The summed E-state index contributed by atoms with van der Waals surface area (Å²) < 4.78 is 5.51. The number of aliphatic imine (C=N–C) groups is 1. The lowest BCUT2D eigenvalue weighted by molar-refractivity contribution is 0.0177. The summed E-state index contributed by atoms with van der Waals surface area (Å²) in [5, 5.41) is 9.59. The van der Waals surface area contributed by atoms with Crippen LogP contribution in [0.25, 0.3) is 0 Å². The van der Waals surface area contributed by atoms with Crippen molar-refractivity contribution in [3.63, 3.8) is 0 Å². The van der Waals surface area contributed by atoms with Crippen LogP contribution in [0.4, 0.5) is 0 Å². The van der Waals surface area contributed by atoms with Crippen molar-refractivity contribution in [2.75, 3.05) is 52.2 Å². The van der Waals surface area contributed by atoms with Crippen LogP contribution in [0.2, 0.25) is 0 Å². The number of hydrogen-bond acceptors (Lipinski definition) is 5. The summed E-state index contributed by atoms with van der Waals surface area (Å²) in [4.78, 5) is 8.63. The minimum atomic E-state index is 0.371. The van der Waals surface area contributed by atoms with Gasteiger partial charge >= 0.3 is 0 Å². The topological polar surface area (TPSA) is 48.9 Å². The predicted octanol–water partition coefficient (Wildman–Crippen LogP) is 2.43. The molecule has 136 valence electrons. The lowest BCUT2D eigenvalue weighted by atomic mass is 10.2. The minimum absolute atomic E-state index is 0.371. The fraction of sp³-hybridized carbons (Fsp3) is 0.706. The van der Waals surface area contributed by atoms with Crippen LogP contribution < -0.4 is 10.6 Å². The molecule has 1 aromatic heterocycles. The highest BCUT2D eigenvalue weighted by molar-refractivity contribution is 7.99. The van der Waals surface area contributed by atoms with E-state index in [1.54, 1.807) is 0 Å². The molecule has 2 heterocycles. The second-order valence-electron chi connectivity index (χ2n) is 5.83. The second kappa shape index (κ2) is 11.0. The van der Waals surface area contributed by atoms with Gasteiger partial charge in [-0.05, 0) is 24.6 Å². The molecule has 0 saturated carbocycles. The summed E-state index contributed by atoms with van der Waals surface area (Å²) in [6.07, 6.45) is 2.13. The van der Waals surface area contributed by atoms with Gasteiger partial charge in [0.25, 0.3) is 0 Å². The number of hydrogen-bond donors (Lipinski definition) is 2. The Balaban J connectivity index is 1.99. The number of ether oxygens (including phenoxy) is 1. The Morgan fingerprint density at radius 3 is 2.83 bits per heavy atom. The van der Waals surface area contributed by atoms with Crippen molar-refractivity contribution in [3.05, 3.63) is 22.4 Å². The van der Waals surface area contributed by atoms with Crippen molar-refractivity contribution in [1.82, 2.24) is 15.5 Å². The van der Waals surface area contributed by atoms with E-state index in [4.69, 9.17) is 9.73 Å². The average Bonchev–Trinajstić information content (AvgIpc) is 3.14. The van der Waals surface area contributed by atoms with Gasteiger partial charge in [0.15, 0.2) is 5.96 Å². The van der Waals surface area contributed by atoms with E-state index in [1.807, 2.05) is 23.1 Å². The Morgan fingerprint density at radius 1 is 1.42 bits per heavy atom. The number of rotatable bonds is 8. The summed E-state index contributed by atoms with van der Waals surface area (Å²) in [7, 11) is 0.